The molecule has 0 radical (unpaired) electrons. The molecule has 0 aliphatic carbocycles. The van der Waals surface area contributed by atoms with Crippen LogP contribution in [0.15, 0.2) is 47.0 Å². The lowest BCUT2D eigenvalue weighted by Gasteiger charge is -2.34. The van der Waals surface area contributed by atoms with Crippen molar-refractivity contribution in [3.8, 4) is 17.2 Å². The third-order valence-electron chi connectivity index (χ3n) is 6.54. The second-order valence-electron chi connectivity index (χ2n) is 9.62. The van der Waals surface area contributed by atoms with Gasteiger partial charge in [0.1, 0.15) is 18.5 Å². The van der Waals surface area contributed by atoms with Crippen molar-refractivity contribution in [1.29, 1.82) is 0 Å². The van der Waals surface area contributed by atoms with Gasteiger partial charge in [0, 0.05) is 44.4 Å². The zero-order valence-electron chi connectivity index (χ0n) is 21.5. The van der Waals surface area contributed by atoms with Crippen molar-refractivity contribution in [2.24, 2.45) is 0 Å². The SMILES string of the molecule is CCCc1nc2cc(OC[C@@H](O)CN3CCN(Cc4noc(-c5ccc(C(F)(F)F)cc5)n4)CC3)ccc2s1. The minimum absolute atomic E-state index is 0.191. The lowest BCUT2D eigenvalue weighted by molar-refractivity contribution is -0.137. The molecule has 39 heavy (non-hydrogen) atoms. The second kappa shape index (κ2) is 12.0. The molecule has 12 heteroatoms. The van der Waals surface area contributed by atoms with E-state index in [1.165, 1.54) is 12.1 Å². The van der Waals surface area contributed by atoms with Crippen molar-refractivity contribution < 1.29 is 27.5 Å². The van der Waals surface area contributed by atoms with E-state index in [4.69, 9.17) is 9.26 Å². The van der Waals surface area contributed by atoms with Crippen molar-refractivity contribution in [2.45, 2.75) is 38.6 Å². The number of fused-ring (bicyclic) bond motifs is 1. The van der Waals surface area contributed by atoms with Crippen molar-refractivity contribution in [3.05, 3.63) is 58.9 Å². The molecule has 5 rings (SSSR count). The molecule has 0 unspecified atom stereocenters. The molecule has 1 N–H and O–H groups in total. The molecule has 1 saturated heterocycles. The number of hydrogen-bond donors (Lipinski definition) is 1. The van der Waals surface area contributed by atoms with Gasteiger partial charge in [0.2, 0.25) is 0 Å². The van der Waals surface area contributed by atoms with Crippen molar-refractivity contribution in [2.75, 3.05) is 39.3 Å². The smallest absolute Gasteiger partial charge is 0.416 e. The number of hydrogen-bond acceptors (Lipinski definition) is 9. The van der Waals surface area contributed by atoms with E-state index in [2.05, 4.69) is 31.8 Å². The van der Waals surface area contributed by atoms with Crippen LogP contribution in [0.2, 0.25) is 0 Å². The molecule has 1 aliphatic rings. The van der Waals surface area contributed by atoms with Crippen molar-refractivity contribution in [1.82, 2.24) is 24.9 Å². The lowest BCUT2D eigenvalue weighted by atomic mass is 10.1. The Morgan fingerprint density at radius 3 is 2.51 bits per heavy atom. The van der Waals surface area contributed by atoms with E-state index in [9.17, 15) is 18.3 Å². The molecule has 8 nitrogen and oxygen atoms in total. The third kappa shape index (κ3) is 7.13. The van der Waals surface area contributed by atoms with E-state index in [1.54, 1.807) is 11.3 Å². The van der Waals surface area contributed by atoms with Crippen LogP contribution in [0.1, 0.15) is 29.7 Å². The highest BCUT2D eigenvalue weighted by Crippen LogP contribution is 2.31. The normalized spacial score (nSPS) is 16.1. The summed E-state index contributed by atoms with van der Waals surface area (Å²) >= 11 is 1.71. The minimum atomic E-state index is -4.39. The summed E-state index contributed by atoms with van der Waals surface area (Å²) in [6.45, 7) is 6.39. The predicted octanol–water partition coefficient (Wildman–Crippen LogP) is 4.88. The first kappa shape index (κ1) is 27.5. The summed E-state index contributed by atoms with van der Waals surface area (Å²) in [5.41, 5.74) is 0.647. The summed E-state index contributed by atoms with van der Waals surface area (Å²) in [6, 6.07) is 10.5. The Morgan fingerprint density at radius 1 is 1.05 bits per heavy atom. The highest BCUT2D eigenvalue weighted by molar-refractivity contribution is 7.18. The topological polar surface area (TPSA) is 87.8 Å². The van der Waals surface area contributed by atoms with Gasteiger partial charge in [0.15, 0.2) is 5.82 Å². The maximum absolute atomic E-state index is 12.8. The fourth-order valence-corrected chi connectivity index (χ4v) is 5.53. The number of aryl methyl sites for hydroxylation is 1. The van der Waals surface area contributed by atoms with Crippen LogP contribution >= 0.6 is 11.3 Å². The first-order valence-corrected chi connectivity index (χ1v) is 13.7. The molecule has 0 saturated carbocycles. The number of aliphatic hydroxyl groups is 1. The van der Waals surface area contributed by atoms with Crippen LogP contribution in [0.3, 0.4) is 0 Å². The number of β-amino-alcohol motifs (C(OH)–C–C–N with tert-alkyl or cyclic N) is 1. The van der Waals surface area contributed by atoms with Crippen molar-refractivity contribution >= 4 is 21.6 Å². The van der Waals surface area contributed by atoms with Crippen LogP contribution in [0.25, 0.3) is 21.7 Å². The molecule has 1 atom stereocenters. The van der Waals surface area contributed by atoms with E-state index in [0.717, 1.165) is 66.4 Å². The van der Waals surface area contributed by atoms with E-state index >= 15 is 0 Å². The molecule has 208 valence electrons. The van der Waals surface area contributed by atoms with Crippen LogP contribution in [0, 0.1) is 0 Å². The van der Waals surface area contributed by atoms with E-state index in [-0.39, 0.29) is 12.5 Å². The number of nitrogens with zero attached hydrogens (tertiary/aromatic N) is 5. The number of aliphatic hydroxyl groups excluding tert-OH is 1. The molecule has 3 heterocycles. The molecular formula is C27H30F3N5O3S. The summed E-state index contributed by atoms with van der Waals surface area (Å²) in [7, 11) is 0. The summed E-state index contributed by atoms with van der Waals surface area (Å²) in [4.78, 5) is 13.4. The molecule has 2 aromatic carbocycles. The molecule has 0 amide bonds. The highest BCUT2D eigenvalue weighted by Gasteiger charge is 2.30. The molecule has 4 aromatic rings. The number of alkyl halides is 3. The van der Waals surface area contributed by atoms with Gasteiger partial charge in [-0.2, -0.15) is 18.2 Å². The summed E-state index contributed by atoms with van der Waals surface area (Å²) in [6.07, 6.45) is -2.98. The van der Waals surface area contributed by atoms with E-state index in [1.807, 2.05) is 18.2 Å². The Bertz CT molecular complexity index is 1370. The molecule has 1 aliphatic heterocycles. The third-order valence-corrected chi connectivity index (χ3v) is 7.63. The van der Waals surface area contributed by atoms with Crippen LogP contribution < -0.4 is 4.74 Å². The van der Waals surface area contributed by atoms with E-state index in [0.29, 0.717) is 30.2 Å². The maximum atomic E-state index is 12.8. The average molecular weight is 562 g/mol. The average Bonchev–Trinajstić information content (AvgIpc) is 3.55. The van der Waals surface area contributed by atoms with Crippen LogP contribution in [0.5, 0.6) is 5.75 Å². The molecule has 0 spiro atoms. The number of piperazine rings is 1. The number of halogens is 3. The van der Waals surface area contributed by atoms with Gasteiger partial charge >= 0.3 is 6.18 Å². The Labute approximate surface area is 228 Å². The van der Waals surface area contributed by atoms with E-state index < -0.39 is 17.8 Å². The van der Waals surface area contributed by atoms with Gasteiger partial charge in [-0.05, 0) is 49.2 Å². The Balaban J connectivity index is 1.05. The summed E-state index contributed by atoms with van der Waals surface area (Å²) < 4.78 is 50.6. The van der Waals surface area contributed by atoms with Crippen LogP contribution in [-0.2, 0) is 19.1 Å². The van der Waals surface area contributed by atoms with Gasteiger partial charge in [0.25, 0.3) is 5.89 Å². The molecule has 0 bridgehead atoms. The first-order chi connectivity index (χ1) is 18.8. The van der Waals surface area contributed by atoms with Gasteiger partial charge in [-0.3, -0.25) is 9.80 Å². The van der Waals surface area contributed by atoms with Gasteiger partial charge in [-0.1, -0.05) is 12.1 Å². The Kier molecular flexibility index (Phi) is 8.46. The first-order valence-electron chi connectivity index (χ1n) is 12.9. The van der Waals surface area contributed by atoms with Gasteiger partial charge in [-0.25, -0.2) is 4.98 Å². The monoisotopic (exact) mass is 561 g/mol. The standard InChI is InChI=1S/C27H30F3N5O3S/c1-2-3-25-31-22-14-21(8-9-23(22)39-25)37-17-20(36)15-34-10-12-35(13-11-34)16-24-32-26(38-33-24)18-4-6-19(7-5-18)27(28,29)30/h4-9,14,20,36H,2-3,10-13,15-17H2,1H3/t20-/m0/s1. The Morgan fingerprint density at radius 2 is 1.79 bits per heavy atom. The number of rotatable bonds is 10. The van der Waals surface area contributed by atoms with Gasteiger partial charge in [-0.15, -0.1) is 11.3 Å². The molecule has 2 aromatic heterocycles. The number of thiazole rings is 1. The number of aromatic nitrogens is 3. The zero-order valence-corrected chi connectivity index (χ0v) is 22.3. The summed E-state index contributed by atoms with van der Waals surface area (Å²) in [5, 5.41) is 15.6. The van der Waals surface area contributed by atoms with Crippen molar-refractivity contribution in [3.63, 3.8) is 0 Å². The minimum Gasteiger partial charge on any atom is -0.491 e. The van der Waals surface area contributed by atoms with Crippen LogP contribution in [-0.4, -0.2) is 75.5 Å². The summed E-state index contributed by atoms with van der Waals surface area (Å²) in [5.74, 6) is 1.37. The molecular weight excluding hydrogens is 531 g/mol. The fraction of sp³-hybridized carbons (Fsp3) is 0.444. The largest absolute Gasteiger partial charge is 0.491 e. The highest BCUT2D eigenvalue weighted by atomic mass is 32.1. The fourth-order valence-electron chi connectivity index (χ4n) is 4.48. The number of benzene rings is 2. The maximum Gasteiger partial charge on any atom is 0.416 e. The quantitative estimate of drug-likeness (QED) is 0.293. The second-order valence-corrected chi connectivity index (χ2v) is 10.7. The van der Waals surface area contributed by atoms with Gasteiger partial charge < -0.3 is 14.4 Å². The van der Waals surface area contributed by atoms with Gasteiger partial charge in [0.05, 0.1) is 27.3 Å². The lowest BCUT2D eigenvalue weighted by Crippen LogP contribution is -2.48. The molecule has 1 fully saturated rings. The zero-order chi connectivity index (χ0) is 27.4. The Hall–Kier alpha value is -3.06. The predicted molar refractivity (Wildman–Crippen MR) is 142 cm³/mol. The number of ether oxygens (including phenoxy) is 1. The van der Waals surface area contributed by atoms with Crippen LogP contribution in [0.4, 0.5) is 13.2 Å².